The molecule has 0 heterocycles. The number of carbonyl (C=O) groups is 1. The van der Waals surface area contributed by atoms with Crippen molar-refractivity contribution in [2.45, 2.75) is 123 Å². The quantitative estimate of drug-likeness (QED) is 0.184. The van der Waals surface area contributed by atoms with Crippen LogP contribution in [0, 0.1) is 23.7 Å². The summed E-state index contributed by atoms with van der Waals surface area (Å²) in [6.07, 6.45) is 22.2. The number of hydrogen-bond donors (Lipinski definition) is 0. The lowest BCUT2D eigenvalue weighted by atomic mass is 9.68. The molecule has 3 rings (SSSR count). The summed E-state index contributed by atoms with van der Waals surface area (Å²) in [6, 6.07) is 8.20. The maximum absolute atomic E-state index is 12.7. The third kappa shape index (κ3) is 8.23. The Hall–Kier alpha value is -1.31. The van der Waals surface area contributed by atoms with Crippen LogP contribution in [0.15, 0.2) is 24.3 Å². The van der Waals surface area contributed by atoms with Gasteiger partial charge in [-0.3, -0.25) is 4.79 Å². The number of esters is 1. The molecule has 0 saturated heterocycles. The first kappa shape index (κ1) is 25.3. The fraction of sp³-hybridized carbons (Fsp3) is 0.767. The Bertz CT molecular complexity index is 633. The molecule has 1 aromatic carbocycles. The van der Waals surface area contributed by atoms with Crippen molar-refractivity contribution in [3.63, 3.8) is 0 Å². The largest absolute Gasteiger partial charge is 0.426 e. The van der Waals surface area contributed by atoms with Gasteiger partial charge in [-0.25, -0.2) is 0 Å². The van der Waals surface area contributed by atoms with Crippen molar-refractivity contribution in [2.75, 3.05) is 0 Å². The summed E-state index contributed by atoms with van der Waals surface area (Å²) in [4.78, 5) is 12.7. The van der Waals surface area contributed by atoms with Gasteiger partial charge in [-0.2, -0.15) is 0 Å². The van der Waals surface area contributed by atoms with Gasteiger partial charge in [0.05, 0.1) is 5.92 Å². The van der Waals surface area contributed by atoms with Crippen molar-refractivity contribution in [2.24, 2.45) is 23.7 Å². The molecule has 0 aromatic heterocycles. The second-order valence-electron chi connectivity index (χ2n) is 10.8. The number of carbonyl (C=O) groups excluding carboxylic acids is 1. The molecule has 180 valence electrons. The summed E-state index contributed by atoms with van der Waals surface area (Å²) in [5, 5.41) is 0. The molecule has 2 nitrogen and oxygen atoms in total. The van der Waals surface area contributed by atoms with Crippen LogP contribution in [0.1, 0.15) is 122 Å². The number of hydrogen-bond acceptors (Lipinski definition) is 2. The van der Waals surface area contributed by atoms with E-state index in [9.17, 15) is 4.79 Å². The molecule has 2 fully saturated rings. The summed E-state index contributed by atoms with van der Waals surface area (Å²) in [5.41, 5.74) is 1.34. The average molecular weight is 441 g/mol. The lowest BCUT2D eigenvalue weighted by Gasteiger charge is -2.37. The predicted molar refractivity (Wildman–Crippen MR) is 135 cm³/mol. The van der Waals surface area contributed by atoms with Gasteiger partial charge >= 0.3 is 5.97 Å². The smallest absolute Gasteiger partial charge is 0.314 e. The summed E-state index contributed by atoms with van der Waals surface area (Å²) >= 11 is 0. The van der Waals surface area contributed by atoms with Crippen LogP contribution < -0.4 is 4.74 Å². The molecule has 0 amide bonds. The Morgan fingerprint density at radius 2 is 1.34 bits per heavy atom. The SMILES string of the molecule is CCCCCCC1CCC(C2CCC(C(=O)Oc3ccc(CCCCC)cc3)CC2)CC1. The van der Waals surface area contributed by atoms with Crippen molar-refractivity contribution < 1.29 is 9.53 Å². The molecule has 2 heteroatoms. The monoisotopic (exact) mass is 440 g/mol. The minimum Gasteiger partial charge on any atom is -0.426 e. The fourth-order valence-corrected chi connectivity index (χ4v) is 6.14. The lowest BCUT2D eigenvalue weighted by Crippen LogP contribution is -2.30. The van der Waals surface area contributed by atoms with Crippen LogP contribution in [0.2, 0.25) is 0 Å². The van der Waals surface area contributed by atoms with Crippen LogP contribution in [0.3, 0.4) is 0 Å². The van der Waals surface area contributed by atoms with E-state index < -0.39 is 0 Å². The molecule has 32 heavy (non-hydrogen) atoms. The maximum Gasteiger partial charge on any atom is 0.314 e. The molecule has 0 bridgehead atoms. The normalized spacial score (nSPS) is 26.1. The number of rotatable bonds is 12. The average Bonchev–Trinajstić information content (AvgIpc) is 2.84. The first-order valence-electron chi connectivity index (χ1n) is 14.0. The second kappa shape index (κ2) is 14.1. The van der Waals surface area contributed by atoms with E-state index in [1.165, 1.54) is 95.5 Å². The standard InChI is InChI=1S/C30H48O2/c1-3-5-7-9-11-24-12-16-26(17-13-24)27-18-20-28(21-19-27)30(31)32-29-22-14-25(15-23-29)10-8-6-4-2/h14-15,22-24,26-28H,3-13,16-21H2,1-2H3. The van der Waals surface area contributed by atoms with Crippen molar-refractivity contribution in [1.29, 1.82) is 0 Å². The first-order valence-corrected chi connectivity index (χ1v) is 14.0. The summed E-state index contributed by atoms with van der Waals surface area (Å²) in [6.45, 7) is 4.53. The van der Waals surface area contributed by atoms with E-state index in [1.54, 1.807) is 0 Å². The van der Waals surface area contributed by atoms with Gasteiger partial charge in [-0.15, -0.1) is 0 Å². The highest BCUT2D eigenvalue weighted by atomic mass is 16.5. The summed E-state index contributed by atoms with van der Waals surface area (Å²) < 4.78 is 5.75. The highest BCUT2D eigenvalue weighted by molar-refractivity contribution is 5.75. The van der Waals surface area contributed by atoms with Gasteiger partial charge in [0, 0.05) is 0 Å². The Morgan fingerprint density at radius 3 is 1.97 bits per heavy atom. The van der Waals surface area contributed by atoms with E-state index in [2.05, 4.69) is 26.0 Å². The zero-order chi connectivity index (χ0) is 22.6. The molecule has 0 radical (unpaired) electrons. The molecule has 2 aliphatic carbocycles. The molecule has 0 aliphatic heterocycles. The molecule has 0 spiro atoms. The maximum atomic E-state index is 12.7. The Morgan fingerprint density at radius 1 is 0.750 bits per heavy atom. The number of benzene rings is 1. The zero-order valence-electron chi connectivity index (χ0n) is 21.0. The molecular formula is C30H48O2. The number of aryl methyl sites for hydroxylation is 1. The van der Waals surface area contributed by atoms with E-state index in [0.29, 0.717) is 5.75 Å². The molecule has 2 aliphatic rings. The molecule has 1 aromatic rings. The van der Waals surface area contributed by atoms with Crippen LogP contribution in [-0.4, -0.2) is 5.97 Å². The fourth-order valence-electron chi connectivity index (χ4n) is 6.14. The zero-order valence-corrected chi connectivity index (χ0v) is 21.0. The number of ether oxygens (including phenoxy) is 1. The van der Waals surface area contributed by atoms with Crippen molar-refractivity contribution in [1.82, 2.24) is 0 Å². The van der Waals surface area contributed by atoms with E-state index in [-0.39, 0.29) is 11.9 Å². The Labute approximate surface area is 197 Å². The van der Waals surface area contributed by atoms with Gasteiger partial charge in [0.25, 0.3) is 0 Å². The molecule has 0 atom stereocenters. The van der Waals surface area contributed by atoms with E-state index >= 15 is 0 Å². The van der Waals surface area contributed by atoms with E-state index in [1.807, 2.05) is 12.1 Å². The lowest BCUT2D eigenvalue weighted by molar-refractivity contribution is -0.140. The van der Waals surface area contributed by atoms with Crippen LogP contribution in [0.5, 0.6) is 5.75 Å². The van der Waals surface area contributed by atoms with Gasteiger partial charge in [0.15, 0.2) is 0 Å². The van der Waals surface area contributed by atoms with Gasteiger partial charge in [0.1, 0.15) is 5.75 Å². The molecule has 2 saturated carbocycles. The molecular weight excluding hydrogens is 392 g/mol. The Balaban J connectivity index is 1.33. The van der Waals surface area contributed by atoms with E-state index in [4.69, 9.17) is 4.74 Å². The predicted octanol–water partition coefficient (Wildman–Crippen LogP) is 8.91. The van der Waals surface area contributed by atoms with Crippen LogP contribution in [0.25, 0.3) is 0 Å². The minimum atomic E-state index is -0.00188. The highest BCUT2D eigenvalue weighted by Crippen LogP contribution is 2.42. The van der Waals surface area contributed by atoms with Crippen LogP contribution in [0.4, 0.5) is 0 Å². The van der Waals surface area contributed by atoms with Gasteiger partial charge in [0.2, 0.25) is 0 Å². The first-order chi connectivity index (χ1) is 15.7. The number of unbranched alkanes of at least 4 members (excludes halogenated alkanes) is 5. The van der Waals surface area contributed by atoms with Gasteiger partial charge in [-0.05, 0) is 86.8 Å². The Kier molecular flexibility index (Phi) is 11.1. The third-order valence-corrected chi connectivity index (χ3v) is 8.34. The third-order valence-electron chi connectivity index (χ3n) is 8.34. The van der Waals surface area contributed by atoms with Crippen molar-refractivity contribution >= 4 is 5.97 Å². The summed E-state index contributed by atoms with van der Waals surface area (Å²) in [5.74, 6) is 3.58. The summed E-state index contributed by atoms with van der Waals surface area (Å²) in [7, 11) is 0. The van der Waals surface area contributed by atoms with Crippen LogP contribution >= 0.6 is 0 Å². The highest BCUT2D eigenvalue weighted by Gasteiger charge is 2.33. The van der Waals surface area contributed by atoms with Crippen LogP contribution in [-0.2, 0) is 11.2 Å². The van der Waals surface area contributed by atoms with Gasteiger partial charge in [-0.1, -0.05) is 83.8 Å². The molecule has 0 unspecified atom stereocenters. The second-order valence-corrected chi connectivity index (χ2v) is 10.8. The van der Waals surface area contributed by atoms with Gasteiger partial charge < -0.3 is 4.74 Å². The van der Waals surface area contributed by atoms with Crippen molar-refractivity contribution in [3.05, 3.63) is 29.8 Å². The molecule has 0 N–H and O–H groups in total. The van der Waals surface area contributed by atoms with Crippen molar-refractivity contribution in [3.8, 4) is 5.75 Å². The minimum absolute atomic E-state index is 0.00188. The van der Waals surface area contributed by atoms with E-state index in [0.717, 1.165) is 37.0 Å². The topological polar surface area (TPSA) is 26.3 Å².